The van der Waals surface area contributed by atoms with Gasteiger partial charge in [-0.05, 0) is 18.4 Å². The minimum Gasteiger partial charge on any atom is -0.197 e. The topological polar surface area (TPSA) is 43.1 Å². The van der Waals surface area contributed by atoms with Crippen molar-refractivity contribution in [2.45, 2.75) is 5.16 Å². The molecule has 2 aromatic rings. The summed E-state index contributed by atoms with van der Waals surface area (Å²) in [6, 6.07) is 10.00. The Balaban J connectivity index is 2.03. The second-order valence-corrected chi connectivity index (χ2v) is 6.92. The zero-order valence-corrected chi connectivity index (χ0v) is 12.8. The molecule has 1 fully saturated rings. The molecule has 0 unspecified atom stereocenters. The number of benzene rings is 1. The molecule has 3 rings (SSSR count). The Hall–Kier alpha value is -0.920. The zero-order chi connectivity index (χ0) is 13.1. The summed E-state index contributed by atoms with van der Waals surface area (Å²) >= 11 is 5.10. The summed E-state index contributed by atoms with van der Waals surface area (Å²) in [5, 5.41) is 5.23. The number of rotatable bonds is 3. The first-order chi connectivity index (χ1) is 9.36. The van der Waals surface area contributed by atoms with Crippen LogP contribution in [0.5, 0.6) is 0 Å². The number of hydrogen-bond acceptors (Lipinski definition) is 6. The molecule has 4 nitrogen and oxygen atoms in total. The lowest BCUT2D eigenvalue weighted by Gasteiger charge is -2.02. The molecule has 7 heteroatoms. The molecule has 0 N–H and O–H groups in total. The standard InChI is InChI=1S/C12H12N4S3/c1-17-11-13-10(14-12-18-7-8-19-12)16(15-11)9-5-3-2-4-6-9/h2-6H,7-8H2,1H3. The van der Waals surface area contributed by atoms with Gasteiger partial charge < -0.3 is 0 Å². The fourth-order valence-corrected chi connectivity index (χ4v) is 4.11. The van der Waals surface area contributed by atoms with E-state index in [9.17, 15) is 0 Å². The van der Waals surface area contributed by atoms with Gasteiger partial charge in [0.25, 0.3) is 5.95 Å². The lowest BCUT2D eigenvalue weighted by Crippen LogP contribution is -1.96. The second-order valence-electron chi connectivity index (χ2n) is 3.72. The molecule has 1 aliphatic heterocycles. The van der Waals surface area contributed by atoms with Crippen LogP contribution in [-0.4, -0.2) is 36.9 Å². The van der Waals surface area contributed by atoms with Crippen LogP contribution >= 0.6 is 35.3 Å². The molecule has 0 radical (unpaired) electrons. The third-order valence-corrected chi connectivity index (χ3v) is 5.48. The first-order valence-electron chi connectivity index (χ1n) is 5.77. The fraction of sp³-hybridized carbons (Fsp3) is 0.250. The molecule has 0 spiro atoms. The summed E-state index contributed by atoms with van der Waals surface area (Å²) in [5.41, 5.74) is 0.989. The Kier molecular flexibility index (Phi) is 4.15. The molecule has 0 bridgehead atoms. The summed E-state index contributed by atoms with van der Waals surface area (Å²) in [5.74, 6) is 2.91. The van der Waals surface area contributed by atoms with E-state index in [0.717, 1.165) is 26.7 Å². The van der Waals surface area contributed by atoms with E-state index in [1.807, 2.05) is 36.6 Å². The van der Waals surface area contributed by atoms with Crippen LogP contribution in [0.15, 0.2) is 40.5 Å². The minimum atomic E-state index is 0.660. The molecule has 0 aliphatic carbocycles. The smallest absolute Gasteiger partial charge is 0.197 e. The Morgan fingerprint density at radius 2 is 1.95 bits per heavy atom. The van der Waals surface area contributed by atoms with E-state index in [2.05, 4.69) is 15.1 Å². The Morgan fingerprint density at radius 3 is 2.63 bits per heavy atom. The molecular weight excluding hydrogens is 296 g/mol. The van der Waals surface area contributed by atoms with E-state index in [0.29, 0.717) is 5.95 Å². The SMILES string of the molecule is CSc1nc(N=C2SCCS2)n(-c2ccccc2)n1. The highest BCUT2D eigenvalue weighted by Gasteiger charge is 2.15. The quantitative estimate of drug-likeness (QED) is 0.812. The number of aromatic nitrogens is 3. The molecule has 1 aromatic heterocycles. The first kappa shape index (κ1) is 13.1. The van der Waals surface area contributed by atoms with Crippen LogP contribution < -0.4 is 0 Å². The van der Waals surface area contributed by atoms with Crippen LogP contribution in [0.1, 0.15) is 0 Å². The Labute approximate surface area is 124 Å². The van der Waals surface area contributed by atoms with Crippen molar-refractivity contribution in [3.8, 4) is 5.69 Å². The largest absolute Gasteiger partial charge is 0.255 e. The lowest BCUT2D eigenvalue weighted by molar-refractivity contribution is 0.836. The molecule has 0 atom stereocenters. The molecule has 2 heterocycles. The molecule has 0 saturated carbocycles. The van der Waals surface area contributed by atoms with Gasteiger partial charge in [0, 0.05) is 11.5 Å². The van der Waals surface area contributed by atoms with Crippen molar-refractivity contribution in [2.24, 2.45) is 4.99 Å². The van der Waals surface area contributed by atoms with Gasteiger partial charge in [0.2, 0.25) is 5.16 Å². The lowest BCUT2D eigenvalue weighted by atomic mass is 10.3. The third kappa shape index (κ3) is 2.98. The van der Waals surface area contributed by atoms with Gasteiger partial charge in [-0.25, -0.2) is 0 Å². The van der Waals surface area contributed by atoms with Gasteiger partial charge in [-0.1, -0.05) is 53.5 Å². The molecule has 1 saturated heterocycles. The number of para-hydroxylation sites is 1. The summed E-state index contributed by atoms with van der Waals surface area (Å²) in [4.78, 5) is 9.09. The normalized spacial score (nSPS) is 14.9. The van der Waals surface area contributed by atoms with Gasteiger partial charge in [0.1, 0.15) is 4.38 Å². The summed E-state index contributed by atoms with van der Waals surface area (Å²) in [7, 11) is 0. The molecule has 98 valence electrons. The molecular formula is C12H12N4S3. The number of thioether (sulfide) groups is 3. The summed E-state index contributed by atoms with van der Waals surface area (Å²) in [6.07, 6.45) is 1.97. The van der Waals surface area contributed by atoms with E-state index >= 15 is 0 Å². The Bertz CT molecular complexity index is 586. The van der Waals surface area contributed by atoms with Crippen molar-refractivity contribution in [3.63, 3.8) is 0 Å². The van der Waals surface area contributed by atoms with Gasteiger partial charge >= 0.3 is 0 Å². The number of hydrogen-bond donors (Lipinski definition) is 0. The van der Waals surface area contributed by atoms with Gasteiger partial charge in [0.05, 0.1) is 5.69 Å². The van der Waals surface area contributed by atoms with Crippen molar-refractivity contribution in [2.75, 3.05) is 17.8 Å². The van der Waals surface area contributed by atoms with E-state index in [-0.39, 0.29) is 0 Å². The summed E-state index contributed by atoms with van der Waals surface area (Å²) in [6.45, 7) is 0. The van der Waals surface area contributed by atoms with Gasteiger partial charge in [-0.2, -0.15) is 14.7 Å². The van der Waals surface area contributed by atoms with Gasteiger partial charge in [-0.15, -0.1) is 5.10 Å². The average Bonchev–Trinajstić information content (AvgIpc) is 3.10. The highest BCUT2D eigenvalue weighted by molar-refractivity contribution is 8.41. The molecule has 0 amide bonds. The minimum absolute atomic E-state index is 0.660. The fourth-order valence-electron chi connectivity index (χ4n) is 1.63. The zero-order valence-electron chi connectivity index (χ0n) is 10.3. The highest BCUT2D eigenvalue weighted by Crippen LogP contribution is 2.30. The van der Waals surface area contributed by atoms with Gasteiger partial charge in [-0.3, -0.25) is 0 Å². The highest BCUT2D eigenvalue weighted by atomic mass is 32.2. The van der Waals surface area contributed by atoms with Crippen LogP contribution in [0.3, 0.4) is 0 Å². The Morgan fingerprint density at radius 1 is 1.21 bits per heavy atom. The summed E-state index contributed by atoms with van der Waals surface area (Å²) < 4.78 is 2.88. The van der Waals surface area contributed by atoms with E-state index in [1.165, 1.54) is 11.8 Å². The van der Waals surface area contributed by atoms with Gasteiger partial charge in [0.15, 0.2) is 0 Å². The maximum absolute atomic E-state index is 4.62. The van der Waals surface area contributed by atoms with Crippen LogP contribution in [0.4, 0.5) is 5.95 Å². The second kappa shape index (κ2) is 6.02. The van der Waals surface area contributed by atoms with Crippen molar-refractivity contribution < 1.29 is 0 Å². The first-order valence-corrected chi connectivity index (χ1v) is 8.97. The van der Waals surface area contributed by atoms with Crippen molar-refractivity contribution in [1.29, 1.82) is 0 Å². The monoisotopic (exact) mass is 308 g/mol. The van der Waals surface area contributed by atoms with Crippen LogP contribution in [-0.2, 0) is 0 Å². The predicted octanol–water partition coefficient (Wildman–Crippen LogP) is 3.46. The third-order valence-electron chi connectivity index (χ3n) is 2.48. The van der Waals surface area contributed by atoms with E-state index in [4.69, 9.17) is 0 Å². The maximum Gasteiger partial charge on any atom is 0.255 e. The van der Waals surface area contributed by atoms with E-state index < -0.39 is 0 Å². The molecule has 1 aliphatic rings. The molecule has 19 heavy (non-hydrogen) atoms. The number of aliphatic imine (C=N–C) groups is 1. The van der Waals surface area contributed by atoms with Crippen LogP contribution in [0.2, 0.25) is 0 Å². The van der Waals surface area contributed by atoms with Crippen LogP contribution in [0, 0.1) is 0 Å². The van der Waals surface area contributed by atoms with Crippen molar-refractivity contribution in [1.82, 2.24) is 14.8 Å². The average molecular weight is 308 g/mol. The van der Waals surface area contributed by atoms with Crippen molar-refractivity contribution in [3.05, 3.63) is 30.3 Å². The maximum atomic E-state index is 4.62. The van der Waals surface area contributed by atoms with Crippen molar-refractivity contribution >= 4 is 45.6 Å². The predicted molar refractivity (Wildman–Crippen MR) is 85.2 cm³/mol. The number of nitrogens with zero attached hydrogens (tertiary/aromatic N) is 4. The van der Waals surface area contributed by atoms with E-state index in [1.54, 1.807) is 28.2 Å². The van der Waals surface area contributed by atoms with Crippen LogP contribution in [0.25, 0.3) is 5.69 Å². The molecule has 1 aromatic carbocycles.